The summed E-state index contributed by atoms with van der Waals surface area (Å²) in [5.41, 5.74) is 5.06. The summed E-state index contributed by atoms with van der Waals surface area (Å²) in [6.07, 6.45) is 0.981. The van der Waals surface area contributed by atoms with Gasteiger partial charge in [0, 0.05) is 12.6 Å². The van der Waals surface area contributed by atoms with Gasteiger partial charge in [-0.15, -0.1) is 5.10 Å². The zero-order chi connectivity index (χ0) is 9.42. The summed E-state index contributed by atoms with van der Waals surface area (Å²) >= 11 is 0. The molecule has 70 valence electrons. The molecule has 13 heavy (non-hydrogen) atoms. The van der Waals surface area contributed by atoms with Gasteiger partial charge in [-0.2, -0.15) is 4.98 Å². The second-order valence-electron chi connectivity index (χ2n) is 3.18. The number of anilines is 1. The Kier molecular flexibility index (Phi) is 1.68. The Bertz CT molecular complexity index is 345. The van der Waals surface area contributed by atoms with Crippen molar-refractivity contribution in [3.05, 3.63) is 5.82 Å². The highest BCUT2D eigenvalue weighted by Crippen LogP contribution is 2.14. The van der Waals surface area contributed by atoms with Crippen molar-refractivity contribution in [2.45, 2.75) is 25.9 Å². The van der Waals surface area contributed by atoms with E-state index < -0.39 is 5.91 Å². The molecule has 0 radical (unpaired) electrons. The van der Waals surface area contributed by atoms with Gasteiger partial charge in [0.05, 0.1) is 0 Å². The minimum absolute atomic E-state index is 0.0802. The van der Waals surface area contributed by atoms with Crippen molar-refractivity contribution in [3.63, 3.8) is 0 Å². The molecule has 1 amide bonds. The van der Waals surface area contributed by atoms with E-state index in [-0.39, 0.29) is 5.82 Å². The van der Waals surface area contributed by atoms with Crippen LogP contribution in [0.3, 0.4) is 0 Å². The minimum Gasteiger partial charge on any atom is -0.363 e. The van der Waals surface area contributed by atoms with E-state index in [1.807, 2.05) is 0 Å². The Morgan fingerprint density at radius 2 is 2.54 bits per heavy atom. The summed E-state index contributed by atoms with van der Waals surface area (Å²) in [7, 11) is 0. The molecule has 6 heteroatoms. The lowest BCUT2D eigenvalue weighted by atomic mass is 10.2. The molecule has 1 unspecified atom stereocenters. The minimum atomic E-state index is -0.587. The van der Waals surface area contributed by atoms with Gasteiger partial charge in [0.2, 0.25) is 11.8 Å². The largest absolute Gasteiger partial charge is 0.363 e. The maximum Gasteiger partial charge on any atom is 0.288 e. The van der Waals surface area contributed by atoms with E-state index in [0.29, 0.717) is 12.0 Å². The lowest BCUT2D eigenvalue weighted by Crippen LogP contribution is -2.26. The first-order valence-corrected chi connectivity index (χ1v) is 4.18. The number of nitrogens with two attached hydrogens (primary N) is 1. The van der Waals surface area contributed by atoms with Crippen LogP contribution in [0.5, 0.6) is 0 Å². The van der Waals surface area contributed by atoms with Gasteiger partial charge in [-0.25, -0.2) is 4.68 Å². The lowest BCUT2D eigenvalue weighted by Gasteiger charge is -2.20. The Morgan fingerprint density at radius 3 is 3.23 bits per heavy atom. The quantitative estimate of drug-likeness (QED) is 0.616. The van der Waals surface area contributed by atoms with E-state index in [9.17, 15) is 4.79 Å². The average molecular weight is 181 g/mol. The molecule has 6 nitrogen and oxygen atoms in total. The van der Waals surface area contributed by atoms with Crippen molar-refractivity contribution >= 4 is 11.9 Å². The van der Waals surface area contributed by atoms with Crippen LogP contribution in [-0.4, -0.2) is 26.7 Å². The molecule has 1 aromatic heterocycles. The number of nitrogens with zero attached hydrogens (tertiary/aromatic N) is 3. The third kappa shape index (κ3) is 1.34. The molecule has 0 saturated heterocycles. The predicted molar refractivity (Wildman–Crippen MR) is 46.2 cm³/mol. The second-order valence-corrected chi connectivity index (χ2v) is 3.18. The number of amides is 1. The number of hydrogen-bond donors (Lipinski definition) is 2. The third-order valence-corrected chi connectivity index (χ3v) is 2.04. The van der Waals surface area contributed by atoms with Crippen LogP contribution in [0.15, 0.2) is 0 Å². The van der Waals surface area contributed by atoms with Gasteiger partial charge in [0.15, 0.2) is 0 Å². The summed E-state index contributed by atoms with van der Waals surface area (Å²) in [4.78, 5) is 14.7. The Hall–Kier alpha value is -1.59. The summed E-state index contributed by atoms with van der Waals surface area (Å²) in [5.74, 6) is 0.125. The van der Waals surface area contributed by atoms with Crippen LogP contribution in [0.25, 0.3) is 0 Å². The van der Waals surface area contributed by atoms with Gasteiger partial charge < -0.3 is 11.1 Å². The lowest BCUT2D eigenvalue weighted by molar-refractivity contribution is 0.0990. The Labute approximate surface area is 75.1 Å². The molecule has 3 N–H and O–H groups in total. The van der Waals surface area contributed by atoms with Crippen molar-refractivity contribution in [3.8, 4) is 0 Å². The monoisotopic (exact) mass is 181 g/mol. The number of rotatable bonds is 1. The maximum atomic E-state index is 10.8. The molecule has 0 saturated carbocycles. The average Bonchev–Trinajstić information content (AvgIpc) is 2.46. The molecule has 0 bridgehead atoms. The molecule has 1 aliphatic rings. The van der Waals surface area contributed by atoms with E-state index in [1.54, 1.807) is 4.68 Å². The zero-order valence-electron chi connectivity index (χ0n) is 7.32. The number of nitrogens with one attached hydrogen (secondary N) is 1. The number of aromatic nitrogens is 3. The van der Waals surface area contributed by atoms with Crippen LogP contribution >= 0.6 is 0 Å². The van der Waals surface area contributed by atoms with Gasteiger partial charge >= 0.3 is 0 Å². The molecule has 2 heterocycles. The van der Waals surface area contributed by atoms with E-state index in [0.717, 1.165) is 13.0 Å². The summed E-state index contributed by atoms with van der Waals surface area (Å²) in [6.45, 7) is 2.84. The fourth-order valence-electron chi connectivity index (χ4n) is 1.32. The molecule has 0 fully saturated rings. The molecule has 0 aliphatic carbocycles. The van der Waals surface area contributed by atoms with E-state index >= 15 is 0 Å². The topological polar surface area (TPSA) is 85.8 Å². The van der Waals surface area contributed by atoms with E-state index in [2.05, 4.69) is 22.3 Å². The van der Waals surface area contributed by atoms with Crippen LogP contribution in [-0.2, 0) is 6.54 Å². The molecule has 1 aliphatic heterocycles. The summed E-state index contributed by atoms with van der Waals surface area (Å²) in [6, 6.07) is 0.373. The smallest absolute Gasteiger partial charge is 0.288 e. The van der Waals surface area contributed by atoms with Crippen molar-refractivity contribution in [2.24, 2.45) is 5.73 Å². The first-order valence-electron chi connectivity index (χ1n) is 4.18. The van der Waals surface area contributed by atoms with Crippen molar-refractivity contribution in [1.82, 2.24) is 14.8 Å². The Balaban J connectivity index is 2.33. The molecule has 2 rings (SSSR count). The number of primary amides is 1. The van der Waals surface area contributed by atoms with Gasteiger partial charge in [-0.1, -0.05) is 0 Å². The molecule has 1 atom stereocenters. The molecule has 0 spiro atoms. The van der Waals surface area contributed by atoms with Crippen molar-refractivity contribution in [1.29, 1.82) is 0 Å². The molecule has 1 aromatic rings. The fraction of sp³-hybridized carbons (Fsp3) is 0.571. The number of hydrogen-bond acceptors (Lipinski definition) is 4. The van der Waals surface area contributed by atoms with Crippen LogP contribution in [0.2, 0.25) is 0 Å². The standard InChI is InChI=1S/C7H11N5O/c1-4-2-3-12-7(9-4)10-6(11-12)5(8)13/h4H,2-3H2,1H3,(H2,8,13)(H,9,10,11). The SMILES string of the molecule is CC1CCn2nc(C(N)=O)nc2N1. The number of carbonyl (C=O) groups is 1. The molecule has 0 aromatic carbocycles. The highest BCUT2D eigenvalue weighted by molar-refractivity contribution is 5.89. The van der Waals surface area contributed by atoms with Crippen LogP contribution in [0.4, 0.5) is 5.95 Å². The van der Waals surface area contributed by atoms with Crippen LogP contribution in [0.1, 0.15) is 24.0 Å². The zero-order valence-corrected chi connectivity index (χ0v) is 7.32. The van der Waals surface area contributed by atoms with E-state index in [4.69, 9.17) is 5.73 Å². The highest BCUT2D eigenvalue weighted by Gasteiger charge is 2.19. The number of carbonyl (C=O) groups excluding carboxylic acids is 1. The number of aryl methyl sites for hydroxylation is 1. The van der Waals surface area contributed by atoms with Gasteiger partial charge in [-0.05, 0) is 13.3 Å². The van der Waals surface area contributed by atoms with Gasteiger partial charge in [0.1, 0.15) is 0 Å². The van der Waals surface area contributed by atoms with Crippen molar-refractivity contribution < 1.29 is 4.79 Å². The van der Waals surface area contributed by atoms with Crippen LogP contribution < -0.4 is 11.1 Å². The normalized spacial score (nSPS) is 20.5. The highest BCUT2D eigenvalue weighted by atomic mass is 16.1. The maximum absolute atomic E-state index is 10.8. The van der Waals surface area contributed by atoms with E-state index in [1.165, 1.54) is 0 Å². The summed E-state index contributed by atoms with van der Waals surface area (Å²) < 4.78 is 1.67. The van der Waals surface area contributed by atoms with Crippen molar-refractivity contribution in [2.75, 3.05) is 5.32 Å². The third-order valence-electron chi connectivity index (χ3n) is 2.04. The molecular weight excluding hydrogens is 170 g/mol. The molecular formula is C7H11N5O. The van der Waals surface area contributed by atoms with Gasteiger partial charge in [0.25, 0.3) is 5.91 Å². The number of fused-ring (bicyclic) bond motifs is 1. The second kappa shape index (κ2) is 2.72. The summed E-state index contributed by atoms with van der Waals surface area (Å²) in [5, 5.41) is 7.07. The first kappa shape index (κ1) is 8.03. The first-order chi connectivity index (χ1) is 6.16. The van der Waals surface area contributed by atoms with Crippen LogP contribution in [0, 0.1) is 0 Å². The fourth-order valence-corrected chi connectivity index (χ4v) is 1.32. The van der Waals surface area contributed by atoms with Gasteiger partial charge in [-0.3, -0.25) is 4.79 Å². The Morgan fingerprint density at radius 1 is 1.77 bits per heavy atom. The predicted octanol–water partition coefficient (Wildman–Crippen LogP) is -0.419.